The molecule has 188 valence electrons. The van der Waals surface area contributed by atoms with Gasteiger partial charge in [-0.1, -0.05) is 41.6 Å². The third kappa shape index (κ3) is 4.52. The summed E-state index contributed by atoms with van der Waals surface area (Å²) in [5.74, 6) is 1.28. The van der Waals surface area contributed by atoms with Crippen molar-refractivity contribution in [2.45, 2.75) is 25.4 Å². The van der Waals surface area contributed by atoms with Crippen LogP contribution in [-0.2, 0) is 5.54 Å². The van der Waals surface area contributed by atoms with Gasteiger partial charge >= 0.3 is 0 Å². The van der Waals surface area contributed by atoms with Crippen LogP contribution in [-0.4, -0.2) is 54.2 Å². The number of aliphatic hydroxyl groups excluding tert-OH is 1. The van der Waals surface area contributed by atoms with Crippen LogP contribution in [0.4, 0.5) is 17.6 Å². The number of aromatic nitrogens is 5. The van der Waals surface area contributed by atoms with E-state index in [0.717, 1.165) is 5.56 Å². The van der Waals surface area contributed by atoms with E-state index in [-0.39, 0.29) is 24.4 Å². The number of benzene rings is 1. The molecule has 0 spiro atoms. The lowest BCUT2D eigenvalue weighted by Crippen LogP contribution is -2.39. The molecule has 0 radical (unpaired) electrons. The number of rotatable bonds is 9. The maximum Gasteiger partial charge on any atom is 0.262 e. The molecule has 1 amide bonds. The van der Waals surface area contributed by atoms with Gasteiger partial charge in [0.15, 0.2) is 6.33 Å². The van der Waals surface area contributed by atoms with Crippen LogP contribution in [0.25, 0.3) is 11.5 Å². The number of anilines is 3. The molecular weight excluding hydrogens is 472 g/mol. The number of hydrogen-bond acceptors (Lipinski definition) is 10. The third-order valence-electron chi connectivity index (χ3n) is 6.25. The number of hydrogen-bond donors (Lipinski definition) is 3. The van der Waals surface area contributed by atoms with Crippen LogP contribution in [0.5, 0.6) is 0 Å². The number of fused-ring (bicyclic) bond motifs is 1. The Kier molecular flexibility index (Phi) is 6.36. The van der Waals surface area contributed by atoms with Gasteiger partial charge in [0.25, 0.3) is 11.8 Å². The van der Waals surface area contributed by atoms with Crippen molar-refractivity contribution in [1.82, 2.24) is 30.0 Å². The fraction of sp³-hybridized carbons (Fsp3) is 0.231. The molecule has 0 aliphatic carbocycles. The Morgan fingerprint density at radius 1 is 1.14 bits per heavy atom. The summed E-state index contributed by atoms with van der Waals surface area (Å²) in [6.45, 7) is 7.92. The summed E-state index contributed by atoms with van der Waals surface area (Å²) in [6, 6.07) is 12.5. The van der Waals surface area contributed by atoms with E-state index in [1.54, 1.807) is 29.3 Å². The van der Waals surface area contributed by atoms with Gasteiger partial charge in [0.1, 0.15) is 17.2 Å². The van der Waals surface area contributed by atoms with Gasteiger partial charge in [-0.25, -0.2) is 9.97 Å². The Morgan fingerprint density at radius 2 is 1.95 bits per heavy atom. The monoisotopic (exact) mass is 498 g/mol. The van der Waals surface area contributed by atoms with Gasteiger partial charge in [-0.3, -0.25) is 4.79 Å². The second-order valence-electron chi connectivity index (χ2n) is 8.97. The minimum Gasteiger partial charge on any atom is -0.394 e. The standard InChI is InChI=1S/C26H26N8O3/c1-4-12-34-24(36)17-10-11-20(31-21(17)26(34,2)3)32-25-27-13-18(23-28-15-29-37-23)22(33-25)30-19(14-35)16-8-6-5-7-9-16/h4-11,13,15,19,35H,1,12,14H2,2-3H3,(H2,27,30,31,32,33)/t19-/m1/s1. The van der Waals surface area contributed by atoms with Crippen molar-refractivity contribution < 1.29 is 14.4 Å². The minimum absolute atomic E-state index is 0.0819. The predicted octanol–water partition coefficient (Wildman–Crippen LogP) is 3.69. The summed E-state index contributed by atoms with van der Waals surface area (Å²) in [5, 5.41) is 20.1. The highest BCUT2D eigenvalue weighted by Crippen LogP contribution is 2.38. The van der Waals surface area contributed by atoms with Crippen molar-refractivity contribution in [3.8, 4) is 11.5 Å². The molecule has 1 atom stereocenters. The molecule has 0 bridgehead atoms. The van der Waals surface area contributed by atoms with Gasteiger partial charge in [-0.05, 0) is 31.5 Å². The molecule has 4 aromatic rings. The quantitative estimate of drug-likeness (QED) is 0.292. The molecule has 1 aliphatic heterocycles. The summed E-state index contributed by atoms with van der Waals surface area (Å²) < 4.78 is 5.23. The highest BCUT2D eigenvalue weighted by Gasteiger charge is 2.43. The van der Waals surface area contributed by atoms with E-state index in [1.165, 1.54) is 6.33 Å². The molecule has 4 heterocycles. The van der Waals surface area contributed by atoms with E-state index in [4.69, 9.17) is 9.51 Å². The molecule has 37 heavy (non-hydrogen) atoms. The summed E-state index contributed by atoms with van der Waals surface area (Å²) in [4.78, 5) is 32.5. The summed E-state index contributed by atoms with van der Waals surface area (Å²) >= 11 is 0. The Bertz CT molecular complexity index is 1420. The van der Waals surface area contributed by atoms with Crippen molar-refractivity contribution in [3.05, 3.63) is 84.5 Å². The number of aliphatic hydroxyl groups is 1. The van der Waals surface area contributed by atoms with E-state index < -0.39 is 11.6 Å². The van der Waals surface area contributed by atoms with Crippen LogP contribution in [0.15, 0.2) is 72.2 Å². The van der Waals surface area contributed by atoms with Crippen LogP contribution in [0.1, 0.15) is 41.5 Å². The maximum absolute atomic E-state index is 12.9. The van der Waals surface area contributed by atoms with Gasteiger partial charge in [-0.2, -0.15) is 9.97 Å². The molecule has 3 aromatic heterocycles. The molecule has 0 saturated carbocycles. The number of carbonyl (C=O) groups excluding carboxylic acids is 1. The Balaban J connectivity index is 1.47. The SMILES string of the molecule is C=CCN1C(=O)c2ccc(Nc3ncc(-c4ncno4)c(N[C@H](CO)c4ccccc4)n3)nc2C1(C)C. The van der Waals surface area contributed by atoms with Crippen LogP contribution in [0, 0.1) is 0 Å². The van der Waals surface area contributed by atoms with Crippen molar-refractivity contribution in [2.24, 2.45) is 0 Å². The Labute approximate surface area is 213 Å². The molecule has 3 N–H and O–H groups in total. The highest BCUT2D eigenvalue weighted by molar-refractivity contribution is 5.99. The molecule has 0 unspecified atom stereocenters. The van der Waals surface area contributed by atoms with Gasteiger partial charge in [-0.15, -0.1) is 6.58 Å². The van der Waals surface area contributed by atoms with Gasteiger partial charge in [0.05, 0.1) is 29.4 Å². The molecule has 0 fully saturated rings. The first-order valence-corrected chi connectivity index (χ1v) is 11.7. The number of nitrogens with zero attached hydrogens (tertiary/aromatic N) is 6. The zero-order chi connectivity index (χ0) is 26.0. The van der Waals surface area contributed by atoms with E-state index in [2.05, 4.69) is 37.3 Å². The van der Waals surface area contributed by atoms with Crippen molar-refractivity contribution in [2.75, 3.05) is 23.8 Å². The minimum atomic E-state index is -0.599. The fourth-order valence-electron chi connectivity index (χ4n) is 4.33. The smallest absolute Gasteiger partial charge is 0.262 e. The van der Waals surface area contributed by atoms with Crippen molar-refractivity contribution >= 4 is 23.5 Å². The molecule has 11 nitrogen and oxygen atoms in total. The molecular formula is C26H26N8O3. The second-order valence-corrected chi connectivity index (χ2v) is 8.97. The fourth-order valence-corrected chi connectivity index (χ4v) is 4.33. The molecule has 5 rings (SSSR count). The van der Waals surface area contributed by atoms with Crippen molar-refractivity contribution in [1.29, 1.82) is 0 Å². The summed E-state index contributed by atoms with van der Waals surface area (Å²) in [7, 11) is 0. The first kappa shape index (κ1) is 24.1. The van der Waals surface area contributed by atoms with Crippen LogP contribution < -0.4 is 10.6 Å². The van der Waals surface area contributed by atoms with Gasteiger partial charge in [0.2, 0.25) is 5.95 Å². The third-order valence-corrected chi connectivity index (χ3v) is 6.25. The maximum atomic E-state index is 12.9. The largest absolute Gasteiger partial charge is 0.394 e. The zero-order valence-corrected chi connectivity index (χ0v) is 20.4. The number of nitrogens with one attached hydrogen (secondary N) is 2. The number of carbonyl (C=O) groups is 1. The second kappa shape index (κ2) is 9.78. The lowest BCUT2D eigenvalue weighted by molar-refractivity contribution is 0.0649. The molecule has 1 aromatic carbocycles. The Morgan fingerprint density at radius 3 is 2.65 bits per heavy atom. The lowest BCUT2D eigenvalue weighted by atomic mass is 9.99. The van der Waals surface area contributed by atoms with E-state index >= 15 is 0 Å². The van der Waals surface area contributed by atoms with E-state index in [1.807, 2.05) is 44.2 Å². The topological polar surface area (TPSA) is 142 Å². The van der Waals surface area contributed by atoms with Crippen LogP contribution >= 0.6 is 0 Å². The van der Waals surface area contributed by atoms with Gasteiger partial charge < -0.3 is 25.2 Å². The molecule has 11 heteroatoms. The predicted molar refractivity (Wildman–Crippen MR) is 137 cm³/mol. The Hall–Kier alpha value is -4.64. The number of amides is 1. The van der Waals surface area contributed by atoms with Crippen LogP contribution in [0.3, 0.4) is 0 Å². The first-order valence-electron chi connectivity index (χ1n) is 11.7. The highest BCUT2D eigenvalue weighted by atomic mass is 16.5. The van der Waals surface area contributed by atoms with Crippen molar-refractivity contribution in [3.63, 3.8) is 0 Å². The average Bonchev–Trinajstić information content (AvgIpc) is 3.50. The van der Waals surface area contributed by atoms with Gasteiger partial charge in [0, 0.05) is 12.7 Å². The van der Waals surface area contributed by atoms with Crippen LogP contribution in [0.2, 0.25) is 0 Å². The molecule has 1 aliphatic rings. The van der Waals surface area contributed by atoms with E-state index in [0.29, 0.717) is 35.0 Å². The summed E-state index contributed by atoms with van der Waals surface area (Å²) in [6.07, 6.45) is 4.55. The average molecular weight is 499 g/mol. The zero-order valence-electron chi connectivity index (χ0n) is 20.4. The number of pyridine rings is 1. The molecule has 0 saturated heterocycles. The van der Waals surface area contributed by atoms with E-state index in [9.17, 15) is 9.90 Å². The summed E-state index contributed by atoms with van der Waals surface area (Å²) in [5.41, 5.74) is 1.98. The lowest BCUT2D eigenvalue weighted by Gasteiger charge is -2.30. The normalized spacial score (nSPS) is 14.8. The first-order chi connectivity index (χ1) is 17.9.